The van der Waals surface area contributed by atoms with Gasteiger partial charge >= 0.3 is 5.97 Å². The number of fused-ring (bicyclic) bond motifs is 1. The fourth-order valence-corrected chi connectivity index (χ4v) is 5.64. The summed E-state index contributed by atoms with van der Waals surface area (Å²) in [7, 11) is 0. The van der Waals surface area contributed by atoms with Crippen molar-refractivity contribution in [2.24, 2.45) is 17.6 Å². The number of aliphatic carboxylic acids is 1. The number of carbonyl (C=O) groups excluding carboxylic acids is 2. The van der Waals surface area contributed by atoms with E-state index in [-0.39, 0.29) is 47.3 Å². The third-order valence-corrected chi connectivity index (χ3v) is 6.91. The highest BCUT2D eigenvalue weighted by Gasteiger charge is 2.60. The molecule has 0 aromatic heterocycles. The molecular weight excluding hydrogens is 372 g/mol. The van der Waals surface area contributed by atoms with E-state index in [2.05, 4.69) is 10.6 Å². The van der Waals surface area contributed by atoms with Crippen LogP contribution in [-0.4, -0.2) is 69.5 Å². The molecule has 0 unspecified atom stereocenters. The molecule has 0 radical (unpaired) electrons. The zero-order valence-corrected chi connectivity index (χ0v) is 16.2. The minimum atomic E-state index is -1.12. The fourth-order valence-electron chi connectivity index (χ4n) is 4.16. The molecule has 0 bridgehead atoms. The Balaban J connectivity index is 1.70. The number of thioether (sulfide) groups is 1. The summed E-state index contributed by atoms with van der Waals surface area (Å²) in [6.45, 7) is 4.38. The lowest BCUT2D eigenvalue weighted by atomic mass is 9.79. The Kier molecular flexibility index (Phi) is 5.80. The Morgan fingerprint density at radius 1 is 1.48 bits per heavy atom. The van der Waals surface area contributed by atoms with Gasteiger partial charge in [0.15, 0.2) is 0 Å². The van der Waals surface area contributed by atoms with Crippen LogP contribution in [0.3, 0.4) is 0 Å². The van der Waals surface area contributed by atoms with Gasteiger partial charge in [-0.25, -0.2) is 4.79 Å². The molecule has 3 heterocycles. The van der Waals surface area contributed by atoms with Crippen molar-refractivity contribution in [2.45, 2.75) is 50.3 Å². The van der Waals surface area contributed by atoms with E-state index in [1.807, 2.05) is 6.92 Å². The molecular formula is C17H26N4O5S. The van der Waals surface area contributed by atoms with E-state index >= 15 is 0 Å². The zero-order valence-electron chi connectivity index (χ0n) is 15.3. The van der Waals surface area contributed by atoms with E-state index < -0.39 is 18.0 Å². The standard InChI is InChI=1S/C17H26N4O5S/c1-7-13-12(8(2)22)16(24)21(13)14(17(25)26)15(7)27-9-5-10(19-6-9)20-11(23)3-4-18/h7-10,12-13,19,22H,3-6,18H2,1-2H3,(H,20,23)(H,25,26)/t7-,8-,9+,10+,12-,13-/m1/s1. The number of nitrogens with two attached hydrogens (primary N) is 1. The molecule has 2 saturated heterocycles. The maximum atomic E-state index is 12.4. The maximum Gasteiger partial charge on any atom is 0.353 e. The zero-order chi connectivity index (χ0) is 19.9. The molecule has 2 amide bonds. The van der Waals surface area contributed by atoms with Crippen LogP contribution in [-0.2, 0) is 14.4 Å². The van der Waals surface area contributed by atoms with Gasteiger partial charge in [0.25, 0.3) is 0 Å². The minimum absolute atomic E-state index is 0.0371. The lowest BCUT2D eigenvalue weighted by molar-refractivity contribution is -0.163. The quantitative estimate of drug-likeness (QED) is 0.344. The number of hydrogen-bond acceptors (Lipinski definition) is 7. The molecule has 3 aliphatic rings. The SMILES string of the molecule is C[C@@H](O)[C@H]1C(=O)N2C(C(=O)O)=C(S[C@@H]3CN[C@@H](NC(=O)CCN)C3)[C@H](C)[C@H]12. The third kappa shape index (κ3) is 3.58. The highest BCUT2D eigenvalue weighted by Crippen LogP contribution is 2.51. The van der Waals surface area contributed by atoms with Gasteiger partial charge in [-0.05, 0) is 13.3 Å². The largest absolute Gasteiger partial charge is 0.477 e. The van der Waals surface area contributed by atoms with E-state index in [0.29, 0.717) is 24.4 Å². The van der Waals surface area contributed by atoms with Crippen LogP contribution in [0.5, 0.6) is 0 Å². The summed E-state index contributed by atoms with van der Waals surface area (Å²) in [4.78, 5) is 37.8. The number of aliphatic hydroxyl groups is 1. The number of rotatable bonds is 7. The normalized spacial score (nSPS) is 33.7. The number of nitrogens with one attached hydrogen (secondary N) is 2. The van der Waals surface area contributed by atoms with E-state index in [0.717, 1.165) is 0 Å². The van der Waals surface area contributed by atoms with Crippen LogP contribution < -0.4 is 16.4 Å². The molecule has 27 heavy (non-hydrogen) atoms. The first-order valence-corrected chi connectivity index (χ1v) is 10.0. The van der Waals surface area contributed by atoms with Gasteiger partial charge in [0.05, 0.1) is 24.2 Å². The molecule has 0 spiro atoms. The van der Waals surface area contributed by atoms with Crippen LogP contribution in [0.4, 0.5) is 0 Å². The summed E-state index contributed by atoms with van der Waals surface area (Å²) in [6.07, 6.45) is -0.0597. The second kappa shape index (κ2) is 7.78. The molecule has 3 rings (SSSR count). The molecule has 3 aliphatic heterocycles. The summed E-state index contributed by atoms with van der Waals surface area (Å²) < 4.78 is 0. The van der Waals surface area contributed by atoms with Gasteiger partial charge in [-0.2, -0.15) is 0 Å². The first-order chi connectivity index (χ1) is 12.8. The maximum absolute atomic E-state index is 12.4. The minimum Gasteiger partial charge on any atom is -0.477 e. The summed E-state index contributed by atoms with van der Waals surface area (Å²) in [5.74, 6) is -2.27. The number of β-lactam (4-membered cyclic amide) rings is 1. The Morgan fingerprint density at radius 3 is 2.78 bits per heavy atom. The van der Waals surface area contributed by atoms with Gasteiger partial charge in [-0.3, -0.25) is 14.9 Å². The summed E-state index contributed by atoms with van der Waals surface area (Å²) >= 11 is 1.45. The van der Waals surface area contributed by atoms with E-state index in [4.69, 9.17) is 5.73 Å². The Morgan fingerprint density at radius 2 is 2.19 bits per heavy atom. The van der Waals surface area contributed by atoms with Crippen molar-refractivity contribution in [3.8, 4) is 0 Å². The first kappa shape index (κ1) is 20.1. The lowest BCUT2D eigenvalue weighted by Gasteiger charge is -2.46. The number of aliphatic hydroxyl groups excluding tert-OH is 1. The van der Waals surface area contributed by atoms with Gasteiger partial charge in [0.1, 0.15) is 5.70 Å². The number of nitrogens with zero attached hydrogens (tertiary/aromatic N) is 1. The first-order valence-electron chi connectivity index (χ1n) is 9.14. The topological polar surface area (TPSA) is 145 Å². The van der Waals surface area contributed by atoms with Crippen LogP contribution in [0.25, 0.3) is 0 Å². The van der Waals surface area contributed by atoms with Crippen LogP contribution in [0.1, 0.15) is 26.7 Å². The van der Waals surface area contributed by atoms with E-state index in [9.17, 15) is 24.6 Å². The van der Waals surface area contributed by atoms with Gasteiger partial charge in [0, 0.05) is 35.6 Å². The number of hydrogen-bond donors (Lipinski definition) is 5. The van der Waals surface area contributed by atoms with Gasteiger partial charge in [-0.1, -0.05) is 6.92 Å². The fraction of sp³-hybridized carbons (Fsp3) is 0.706. The summed E-state index contributed by atoms with van der Waals surface area (Å²) in [5.41, 5.74) is 5.41. The van der Waals surface area contributed by atoms with Crippen molar-refractivity contribution >= 4 is 29.5 Å². The molecule has 6 N–H and O–H groups in total. The molecule has 10 heteroatoms. The second-order valence-corrected chi connectivity index (χ2v) is 8.66. The third-order valence-electron chi connectivity index (χ3n) is 5.40. The van der Waals surface area contributed by atoms with Crippen molar-refractivity contribution < 1.29 is 24.6 Å². The van der Waals surface area contributed by atoms with Gasteiger partial charge in [-0.15, -0.1) is 11.8 Å². The predicted molar refractivity (Wildman–Crippen MR) is 99.2 cm³/mol. The second-order valence-electron chi connectivity index (χ2n) is 7.31. The molecule has 2 fully saturated rings. The highest BCUT2D eigenvalue weighted by atomic mass is 32.2. The average Bonchev–Trinajstić information content (AvgIpc) is 3.10. The Hall–Kier alpha value is -1.62. The van der Waals surface area contributed by atoms with Gasteiger partial charge < -0.3 is 26.2 Å². The summed E-state index contributed by atoms with van der Waals surface area (Å²) in [6, 6.07) is -0.305. The molecule has 0 saturated carbocycles. The van der Waals surface area contributed by atoms with Crippen molar-refractivity contribution in [3.05, 3.63) is 10.6 Å². The van der Waals surface area contributed by atoms with Crippen molar-refractivity contribution in [1.82, 2.24) is 15.5 Å². The molecule has 9 nitrogen and oxygen atoms in total. The number of carbonyl (C=O) groups is 3. The van der Waals surface area contributed by atoms with Crippen molar-refractivity contribution in [3.63, 3.8) is 0 Å². The molecule has 0 aromatic carbocycles. The number of carboxylic acids is 1. The molecule has 0 aromatic rings. The van der Waals surface area contributed by atoms with E-state index in [1.165, 1.54) is 16.7 Å². The molecule has 150 valence electrons. The lowest BCUT2D eigenvalue weighted by Crippen LogP contribution is -2.63. The molecule has 6 atom stereocenters. The van der Waals surface area contributed by atoms with E-state index in [1.54, 1.807) is 6.92 Å². The average molecular weight is 398 g/mol. The van der Waals surface area contributed by atoms with Crippen molar-refractivity contribution in [1.29, 1.82) is 0 Å². The van der Waals surface area contributed by atoms with Crippen LogP contribution in [0.15, 0.2) is 10.6 Å². The van der Waals surface area contributed by atoms with Crippen LogP contribution in [0, 0.1) is 11.8 Å². The van der Waals surface area contributed by atoms with Crippen LogP contribution in [0.2, 0.25) is 0 Å². The van der Waals surface area contributed by atoms with Crippen LogP contribution >= 0.6 is 11.8 Å². The molecule has 0 aliphatic carbocycles. The van der Waals surface area contributed by atoms with Gasteiger partial charge in [0.2, 0.25) is 11.8 Å². The summed E-state index contributed by atoms with van der Waals surface area (Å²) in [5, 5.41) is 25.7. The number of carboxylic acid groups (broad SMARTS) is 1. The highest BCUT2D eigenvalue weighted by molar-refractivity contribution is 8.03. The predicted octanol–water partition coefficient (Wildman–Crippen LogP) is -0.974. The Bertz CT molecular complexity index is 682. The Labute approximate surface area is 161 Å². The van der Waals surface area contributed by atoms with Crippen molar-refractivity contribution in [2.75, 3.05) is 13.1 Å². The monoisotopic (exact) mass is 398 g/mol. The number of amides is 2. The smallest absolute Gasteiger partial charge is 0.353 e.